The maximum atomic E-state index is 10.5. The molecule has 2 aliphatic heterocycles. The normalized spacial score (nSPS) is 43.2. The molecule has 2 fully saturated rings. The largest absolute Gasteiger partial charge is 1.00 e. The van der Waals surface area contributed by atoms with Gasteiger partial charge < -0.3 is 68.8 Å². The predicted octanol–water partition coefficient (Wildman–Crippen LogP) is -12.5. The van der Waals surface area contributed by atoms with Gasteiger partial charge in [-0.1, -0.05) is 0 Å². The maximum Gasteiger partial charge on any atom is 1.00 e. The molecule has 0 radical (unpaired) electrons. The van der Waals surface area contributed by atoms with Crippen LogP contribution in [-0.4, -0.2) is 110 Å². The third-order valence-electron chi connectivity index (χ3n) is 4.18. The SMILES string of the molecule is O=P([O-])([O-])OC[C@H]1O[C@@H](O[C@@H]2O[C@H](CO)[C@@H](O)[C@H](O)C2O)[C@H](O)[C@@H](O)[C@@H]1O.[K+].[K+]. The molecule has 17 heteroatoms. The molecule has 0 bridgehead atoms. The van der Waals surface area contributed by atoms with Crippen LogP contribution in [0.15, 0.2) is 0 Å². The summed E-state index contributed by atoms with van der Waals surface area (Å²) in [4.78, 5) is 21.1. The number of rotatable bonds is 6. The summed E-state index contributed by atoms with van der Waals surface area (Å²) in [6, 6.07) is 0. The van der Waals surface area contributed by atoms with Crippen molar-refractivity contribution in [3.63, 3.8) is 0 Å². The van der Waals surface area contributed by atoms with Crippen LogP contribution in [-0.2, 0) is 23.3 Å². The van der Waals surface area contributed by atoms with Crippen LogP contribution in [0.2, 0.25) is 0 Å². The molecule has 29 heavy (non-hydrogen) atoms. The molecule has 0 aromatic heterocycles. The second-order valence-corrected chi connectivity index (χ2v) is 7.24. The number of phosphoric acid groups is 1. The number of hydrogen-bond donors (Lipinski definition) is 7. The molecule has 2 saturated heterocycles. The van der Waals surface area contributed by atoms with Crippen LogP contribution < -0.4 is 113 Å². The third-order valence-corrected chi connectivity index (χ3v) is 4.65. The minimum absolute atomic E-state index is 0. The van der Waals surface area contributed by atoms with Gasteiger partial charge in [-0.3, -0.25) is 0 Å². The number of hydrogen-bond acceptors (Lipinski definition) is 14. The molecule has 0 aromatic rings. The summed E-state index contributed by atoms with van der Waals surface area (Å²) < 4.78 is 29.7. The van der Waals surface area contributed by atoms with Crippen LogP contribution in [0.25, 0.3) is 0 Å². The van der Waals surface area contributed by atoms with Crippen molar-refractivity contribution < 1.29 is 172 Å². The molecule has 2 rings (SSSR count). The van der Waals surface area contributed by atoms with Crippen molar-refractivity contribution >= 4 is 7.82 Å². The Morgan fingerprint density at radius 2 is 1.17 bits per heavy atom. The molecule has 2 aliphatic rings. The minimum Gasteiger partial charge on any atom is -0.790 e. The van der Waals surface area contributed by atoms with Crippen LogP contribution >= 0.6 is 7.82 Å². The molecular formula is C12H21K2O14P. The third kappa shape index (κ3) is 8.61. The summed E-state index contributed by atoms with van der Waals surface area (Å²) in [5.74, 6) is 0. The summed E-state index contributed by atoms with van der Waals surface area (Å²) in [5, 5.41) is 68.0. The van der Waals surface area contributed by atoms with Gasteiger partial charge in [-0.15, -0.1) is 0 Å². The Hall–Kier alpha value is 2.98. The standard InChI is InChI=1S/C12H23O14P.2K/c13-1-3-5(14)7(16)9(18)11(24-3)26-12-10(19)8(17)6(15)4(25-12)2-23-27(20,21)22;;/h3-19H,1-2H2,(H2,20,21,22);;/q;2*+1/p-2/t3-,4-,5-,6-,7+,8+,9?,10-,11+,12+;;/m1../s1. The predicted molar refractivity (Wildman–Crippen MR) is 75.1 cm³/mol. The average molecular weight is 498 g/mol. The molecule has 14 nitrogen and oxygen atoms in total. The van der Waals surface area contributed by atoms with Gasteiger partial charge >= 0.3 is 103 Å². The zero-order valence-corrected chi connectivity index (χ0v) is 22.8. The molecule has 0 aromatic carbocycles. The van der Waals surface area contributed by atoms with Gasteiger partial charge in [-0.05, 0) is 0 Å². The Balaban J connectivity index is 0.00000392. The first-order valence-corrected chi connectivity index (χ1v) is 9.24. The second-order valence-electron chi connectivity index (χ2n) is 6.09. The van der Waals surface area contributed by atoms with E-state index in [1.807, 2.05) is 0 Å². The molecule has 2 heterocycles. The van der Waals surface area contributed by atoms with E-state index in [0.29, 0.717) is 0 Å². The van der Waals surface area contributed by atoms with Gasteiger partial charge in [0.1, 0.15) is 48.8 Å². The Kier molecular flexibility index (Phi) is 15.2. The fourth-order valence-electron chi connectivity index (χ4n) is 2.64. The molecule has 0 saturated carbocycles. The van der Waals surface area contributed by atoms with Crippen LogP contribution in [0.1, 0.15) is 0 Å². The van der Waals surface area contributed by atoms with Crippen molar-refractivity contribution in [2.24, 2.45) is 0 Å². The molecular weight excluding hydrogens is 477 g/mol. The van der Waals surface area contributed by atoms with Gasteiger partial charge in [0.2, 0.25) is 0 Å². The summed E-state index contributed by atoms with van der Waals surface area (Å²) in [5.41, 5.74) is 0. The van der Waals surface area contributed by atoms with Gasteiger partial charge in [0.15, 0.2) is 12.6 Å². The van der Waals surface area contributed by atoms with Gasteiger partial charge in [0, 0.05) is 0 Å². The van der Waals surface area contributed by atoms with Crippen LogP contribution in [0.3, 0.4) is 0 Å². The average Bonchev–Trinajstić information content (AvgIpc) is 2.60. The maximum absolute atomic E-state index is 10.5. The van der Waals surface area contributed by atoms with E-state index in [-0.39, 0.29) is 103 Å². The van der Waals surface area contributed by atoms with Crippen molar-refractivity contribution in [1.29, 1.82) is 0 Å². The summed E-state index contributed by atoms with van der Waals surface area (Å²) >= 11 is 0. The van der Waals surface area contributed by atoms with Crippen molar-refractivity contribution in [2.75, 3.05) is 13.2 Å². The summed E-state index contributed by atoms with van der Waals surface area (Å²) in [6.45, 7) is -1.75. The van der Waals surface area contributed by atoms with E-state index in [2.05, 4.69) is 4.52 Å². The minimum atomic E-state index is -5.42. The Bertz CT molecular complexity index is 537. The van der Waals surface area contributed by atoms with Crippen LogP contribution in [0, 0.1) is 0 Å². The van der Waals surface area contributed by atoms with E-state index < -0.39 is 82.4 Å². The number of phosphoric ester groups is 1. The van der Waals surface area contributed by atoms with Crippen molar-refractivity contribution in [1.82, 2.24) is 0 Å². The van der Waals surface area contributed by atoms with Crippen molar-refractivity contribution in [3.05, 3.63) is 0 Å². The molecule has 160 valence electrons. The number of ether oxygens (including phenoxy) is 3. The fraction of sp³-hybridized carbons (Fsp3) is 1.00. The van der Waals surface area contributed by atoms with Crippen LogP contribution in [0.4, 0.5) is 0 Å². The van der Waals surface area contributed by atoms with Gasteiger partial charge in [0.05, 0.1) is 21.0 Å². The number of aliphatic hydroxyl groups excluding tert-OH is 7. The van der Waals surface area contributed by atoms with Gasteiger partial charge in [0.25, 0.3) is 0 Å². The number of aliphatic hydroxyl groups is 7. The Morgan fingerprint density at radius 1 is 0.759 bits per heavy atom. The zero-order valence-electron chi connectivity index (χ0n) is 15.6. The first-order valence-electron chi connectivity index (χ1n) is 7.78. The van der Waals surface area contributed by atoms with E-state index in [9.17, 15) is 45.0 Å². The molecule has 0 amide bonds. The first kappa shape index (κ1) is 32.0. The first-order chi connectivity index (χ1) is 12.5. The quantitative estimate of drug-likeness (QED) is 0.133. The van der Waals surface area contributed by atoms with E-state index >= 15 is 0 Å². The van der Waals surface area contributed by atoms with Gasteiger partial charge in [-0.2, -0.15) is 0 Å². The Labute approximate surface area is 250 Å². The summed E-state index contributed by atoms with van der Waals surface area (Å²) in [7, 11) is -5.42. The zero-order chi connectivity index (χ0) is 20.5. The molecule has 0 spiro atoms. The summed E-state index contributed by atoms with van der Waals surface area (Å²) in [6.07, 6.45) is -17.5. The molecule has 0 aliphatic carbocycles. The smallest absolute Gasteiger partial charge is 0.790 e. The molecule has 1 unspecified atom stereocenters. The van der Waals surface area contributed by atoms with Gasteiger partial charge in [-0.25, -0.2) is 0 Å². The van der Waals surface area contributed by atoms with E-state index in [1.165, 1.54) is 0 Å². The topological polar surface area (TPSA) is 242 Å². The van der Waals surface area contributed by atoms with E-state index in [1.54, 1.807) is 0 Å². The van der Waals surface area contributed by atoms with Crippen molar-refractivity contribution in [3.8, 4) is 0 Å². The van der Waals surface area contributed by atoms with E-state index in [0.717, 1.165) is 0 Å². The molecule has 7 N–H and O–H groups in total. The second kappa shape index (κ2) is 13.8. The fourth-order valence-corrected chi connectivity index (χ4v) is 2.97. The van der Waals surface area contributed by atoms with E-state index in [4.69, 9.17) is 19.3 Å². The van der Waals surface area contributed by atoms with Crippen LogP contribution in [0.5, 0.6) is 0 Å². The monoisotopic (exact) mass is 498 g/mol. The Morgan fingerprint density at radius 3 is 1.59 bits per heavy atom. The molecule has 10 atom stereocenters. The van der Waals surface area contributed by atoms with Crippen molar-refractivity contribution in [2.45, 2.75) is 61.4 Å².